The van der Waals surface area contributed by atoms with Gasteiger partial charge in [0.15, 0.2) is 12.4 Å². The van der Waals surface area contributed by atoms with Gasteiger partial charge < -0.3 is 14.2 Å². The van der Waals surface area contributed by atoms with Gasteiger partial charge in [-0.3, -0.25) is 14.5 Å². The van der Waals surface area contributed by atoms with Gasteiger partial charge >= 0.3 is 0 Å². The van der Waals surface area contributed by atoms with Gasteiger partial charge in [-0.25, -0.2) is 0 Å². The topological polar surface area (TPSA) is 54.8 Å². The van der Waals surface area contributed by atoms with Crippen LogP contribution in [0.2, 0.25) is 10.0 Å². The van der Waals surface area contributed by atoms with E-state index in [1.54, 1.807) is 23.1 Å². The van der Waals surface area contributed by atoms with Gasteiger partial charge in [0, 0.05) is 53.7 Å². The standard InChI is InChI=1S/C24H31Cl2N3O3/c1-16-12-19(17(2)29(16)24(3,4)5)21(30)14-27-8-10-28(11-9-27)23(31)15-32-22-7-6-18(25)13-20(22)26/h6-7,12-13H,8-11,14-15H2,1-5H3. The third-order valence-corrected chi connectivity index (χ3v) is 6.27. The lowest BCUT2D eigenvalue weighted by Crippen LogP contribution is -2.51. The number of benzene rings is 1. The van der Waals surface area contributed by atoms with Crippen LogP contribution in [0.3, 0.4) is 0 Å². The first kappa shape index (κ1) is 24.6. The fourth-order valence-corrected chi connectivity index (χ4v) is 4.81. The number of piperazine rings is 1. The highest BCUT2D eigenvalue weighted by Gasteiger charge is 2.26. The molecule has 3 rings (SSSR count). The Bertz CT molecular complexity index is 1000. The van der Waals surface area contributed by atoms with Crippen LogP contribution in [0.15, 0.2) is 24.3 Å². The highest BCUT2D eigenvalue weighted by Crippen LogP contribution is 2.28. The van der Waals surface area contributed by atoms with Crippen LogP contribution < -0.4 is 4.74 Å². The zero-order valence-corrected chi connectivity index (χ0v) is 20.9. The zero-order chi connectivity index (χ0) is 23.6. The number of Topliss-reactive ketones (excluding diaryl/α,β-unsaturated/α-hetero) is 1. The van der Waals surface area contributed by atoms with E-state index in [0.29, 0.717) is 48.5 Å². The SMILES string of the molecule is Cc1cc(C(=O)CN2CCN(C(=O)COc3ccc(Cl)cc3Cl)CC2)c(C)n1C(C)(C)C. The number of rotatable bonds is 6. The largest absolute Gasteiger partial charge is 0.482 e. The minimum atomic E-state index is -0.101. The van der Waals surface area contributed by atoms with E-state index in [4.69, 9.17) is 27.9 Å². The Labute approximate surface area is 200 Å². The van der Waals surface area contributed by atoms with Crippen LogP contribution in [-0.2, 0) is 10.3 Å². The van der Waals surface area contributed by atoms with Gasteiger partial charge in [0.05, 0.1) is 11.6 Å². The molecule has 0 unspecified atom stereocenters. The molecule has 0 radical (unpaired) electrons. The number of ether oxygens (including phenoxy) is 1. The number of aryl methyl sites for hydroxylation is 1. The second-order valence-electron chi connectivity index (χ2n) is 9.23. The van der Waals surface area contributed by atoms with Crippen molar-refractivity contribution in [3.05, 3.63) is 51.3 Å². The third-order valence-electron chi connectivity index (χ3n) is 5.74. The average molecular weight is 480 g/mol. The molecular weight excluding hydrogens is 449 g/mol. The van der Waals surface area contributed by atoms with Gasteiger partial charge in [-0.2, -0.15) is 0 Å². The number of carbonyl (C=O) groups is 2. The van der Waals surface area contributed by atoms with Crippen LogP contribution >= 0.6 is 23.2 Å². The van der Waals surface area contributed by atoms with Crippen LogP contribution in [0.1, 0.15) is 42.5 Å². The molecule has 1 fully saturated rings. The Morgan fingerprint density at radius 3 is 2.25 bits per heavy atom. The van der Waals surface area contributed by atoms with Gasteiger partial charge in [0.2, 0.25) is 0 Å². The molecule has 1 saturated heterocycles. The molecule has 2 heterocycles. The van der Waals surface area contributed by atoms with E-state index >= 15 is 0 Å². The van der Waals surface area contributed by atoms with E-state index in [9.17, 15) is 9.59 Å². The molecule has 32 heavy (non-hydrogen) atoms. The first-order valence-electron chi connectivity index (χ1n) is 10.8. The fraction of sp³-hybridized carbons (Fsp3) is 0.500. The molecule has 174 valence electrons. The number of aromatic nitrogens is 1. The smallest absolute Gasteiger partial charge is 0.260 e. The van der Waals surface area contributed by atoms with Gasteiger partial charge in [-0.15, -0.1) is 0 Å². The lowest BCUT2D eigenvalue weighted by Gasteiger charge is -2.34. The number of amides is 1. The first-order valence-corrected chi connectivity index (χ1v) is 11.5. The van der Waals surface area contributed by atoms with E-state index in [-0.39, 0.29) is 23.8 Å². The maximum Gasteiger partial charge on any atom is 0.260 e. The van der Waals surface area contributed by atoms with E-state index in [2.05, 4.69) is 30.2 Å². The van der Waals surface area contributed by atoms with Crippen LogP contribution in [0.25, 0.3) is 0 Å². The maximum absolute atomic E-state index is 13.0. The molecular formula is C24H31Cl2N3O3. The Morgan fingerprint density at radius 2 is 1.69 bits per heavy atom. The lowest BCUT2D eigenvalue weighted by molar-refractivity contribution is -0.135. The number of hydrogen-bond acceptors (Lipinski definition) is 4. The van der Waals surface area contributed by atoms with Gasteiger partial charge in [-0.1, -0.05) is 23.2 Å². The molecule has 0 saturated carbocycles. The summed E-state index contributed by atoms with van der Waals surface area (Å²) in [5.74, 6) is 0.450. The summed E-state index contributed by atoms with van der Waals surface area (Å²) in [6.45, 7) is 13.2. The number of ketones is 1. The Kier molecular flexibility index (Phi) is 7.58. The van der Waals surface area contributed by atoms with Crippen molar-refractivity contribution in [3.8, 4) is 5.75 Å². The summed E-state index contributed by atoms with van der Waals surface area (Å²) in [4.78, 5) is 29.4. The predicted molar refractivity (Wildman–Crippen MR) is 128 cm³/mol. The molecule has 0 atom stereocenters. The molecule has 1 aliphatic heterocycles. The summed E-state index contributed by atoms with van der Waals surface area (Å²) in [6.07, 6.45) is 0. The molecule has 6 nitrogen and oxygen atoms in total. The van der Waals surface area contributed by atoms with Crippen molar-refractivity contribution in [2.45, 2.75) is 40.2 Å². The highest BCUT2D eigenvalue weighted by molar-refractivity contribution is 6.35. The highest BCUT2D eigenvalue weighted by atomic mass is 35.5. The van der Waals surface area contributed by atoms with Gasteiger partial charge in [0.25, 0.3) is 5.91 Å². The number of halogens is 2. The predicted octanol–water partition coefficient (Wildman–Crippen LogP) is 4.57. The minimum Gasteiger partial charge on any atom is -0.482 e. The maximum atomic E-state index is 13.0. The monoisotopic (exact) mass is 479 g/mol. The van der Waals surface area contributed by atoms with Crippen molar-refractivity contribution in [2.24, 2.45) is 0 Å². The molecule has 0 N–H and O–H groups in total. The summed E-state index contributed by atoms with van der Waals surface area (Å²) in [5, 5.41) is 0.888. The molecule has 0 aliphatic carbocycles. The van der Waals surface area contributed by atoms with Crippen LogP contribution in [0, 0.1) is 13.8 Å². The molecule has 0 bridgehead atoms. The van der Waals surface area contributed by atoms with Crippen molar-refractivity contribution in [1.82, 2.24) is 14.4 Å². The van der Waals surface area contributed by atoms with Crippen molar-refractivity contribution in [3.63, 3.8) is 0 Å². The Hall–Kier alpha value is -2.02. The average Bonchev–Trinajstić information content (AvgIpc) is 3.02. The molecule has 1 aromatic heterocycles. The van der Waals surface area contributed by atoms with Crippen LogP contribution in [-0.4, -0.2) is 65.4 Å². The summed E-state index contributed by atoms with van der Waals surface area (Å²) in [5.41, 5.74) is 2.81. The van der Waals surface area contributed by atoms with Crippen molar-refractivity contribution >= 4 is 34.9 Å². The normalized spacial score (nSPS) is 15.2. The zero-order valence-electron chi connectivity index (χ0n) is 19.4. The summed E-state index contributed by atoms with van der Waals surface area (Å²) in [6, 6.07) is 6.89. The first-order chi connectivity index (χ1) is 15.0. The molecule has 2 aromatic rings. The molecule has 1 aromatic carbocycles. The van der Waals surface area contributed by atoms with E-state index in [1.807, 2.05) is 19.9 Å². The summed E-state index contributed by atoms with van der Waals surface area (Å²) in [7, 11) is 0. The van der Waals surface area contributed by atoms with Crippen molar-refractivity contribution < 1.29 is 14.3 Å². The second kappa shape index (κ2) is 9.86. The molecule has 1 aliphatic rings. The summed E-state index contributed by atoms with van der Waals surface area (Å²) >= 11 is 12.0. The number of hydrogen-bond donors (Lipinski definition) is 0. The minimum absolute atomic E-state index is 0.0724. The quantitative estimate of drug-likeness (QED) is 0.569. The van der Waals surface area contributed by atoms with Crippen LogP contribution in [0.5, 0.6) is 5.75 Å². The molecule has 0 spiro atoms. The molecule has 1 amide bonds. The lowest BCUT2D eigenvalue weighted by atomic mass is 10.1. The van der Waals surface area contributed by atoms with Gasteiger partial charge in [-0.05, 0) is 58.9 Å². The third kappa shape index (κ3) is 5.66. The summed E-state index contributed by atoms with van der Waals surface area (Å²) < 4.78 is 7.77. The van der Waals surface area contributed by atoms with E-state index in [1.165, 1.54) is 0 Å². The molecule has 8 heteroatoms. The number of carbonyl (C=O) groups excluding carboxylic acids is 2. The van der Waals surface area contributed by atoms with Crippen molar-refractivity contribution in [1.29, 1.82) is 0 Å². The van der Waals surface area contributed by atoms with E-state index < -0.39 is 0 Å². The van der Waals surface area contributed by atoms with Crippen LogP contribution in [0.4, 0.5) is 0 Å². The second-order valence-corrected chi connectivity index (χ2v) is 10.1. The Morgan fingerprint density at radius 1 is 1.03 bits per heavy atom. The van der Waals surface area contributed by atoms with Gasteiger partial charge in [0.1, 0.15) is 5.75 Å². The fourth-order valence-electron chi connectivity index (χ4n) is 4.34. The van der Waals surface area contributed by atoms with Crippen molar-refractivity contribution in [2.75, 3.05) is 39.3 Å². The van der Waals surface area contributed by atoms with E-state index in [0.717, 1.165) is 17.0 Å². The Balaban J connectivity index is 1.51. The number of nitrogens with zero attached hydrogens (tertiary/aromatic N) is 3.